The number of alkyl carbamates (subject to hydrolysis) is 1. The van der Waals surface area contributed by atoms with Gasteiger partial charge in [-0.25, -0.2) is 19.6 Å². The molecule has 160 valence electrons. The highest BCUT2D eigenvalue weighted by molar-refractivity contribution is 6.06. The predicted molar refractivity (Wildman–Crippen MR) is 115 cm³/mol. The number of hydrogen-bond acceptors (Lipinski definition) is 6. The first-order chi connectivity index (χ1) is 14.2. The number of nitrogen functional groups attached to an aromatic ring is 1. The lowest BCUT2D eigenvalue weighted by atomic mass is 10.2. The maximum Gasteiger partial charge on any atom is 0.407 e. The molecule has 0 atom stereocenters. The first kappa shape index (κ1) is 21.2. The third-order valence-electron chi connectivity index (χ3n) is 4.33. The number of hydrogen-bond donors (Lipinski definition) is 4. The molecule has 3 amide bonds. The Labute approximate surface area is 174 Å². The number of fused-ring (bicyclic) bond motifs is 3. The fourth-order valence-corrected chi connectivity index (χ4v) is 3.11. The molecule has 1 aromatic carbocycles. The Morgan fingerprint density at radius 3 is 2.60 bits per heavy atom. The van der Waals surface area contributed by atoms with Gasteiger partial charge in [0.15, 0.2) is 5.82 Å². The van der Waals surface area contributed by atoms with Gasteiger partial charge < -0.3 is 31.0 Å². The van der Waals surface area contributed by atoms with E-state index in [1.54, 1.807) is 27.8 Å². The van der Waals surface area contributed by atoms with E-state index in [2.05, 4.69) is 25.9 Å². The Balaban J connectivity index is 1.96. The van der Waals surface area contributed by atoms with Crippen molar-refractivity contribution in [2.75, 3.05) is 19.3 Å². The number of aromatic nitrogens is 3. The number of carbonyl (C=O) groups excluding carboxylic acids is 2. The Morgan fingerprint density at radius 1 is 1.17 bits per heavy atom. The van der Waals surface area contributed by atoms with Crippen LogP contribution in [0.4, 0.5) is 15.4 Å². The lowest BCUT2D eigenvalue weighted by Gasteiger charge is -2.20. The van der Waals surface area contributed by atoms with Crippen molar-refractivity contribution < 1.29 is 14.3 Å². The van der Waals surface area contributed by atoms with Crippen molar-refractivity contribution in [3.63, 3.8) is 0 Å². The van der Waals surface area contributed by atoms with Gasteiger partial charge in [-0.2, -0.15) is 0 Å². The molecule has 0 aliphatic heterocycles. The minimum Gasteiger partial charge on any atom is -0.444 e. The van der Waals surface area contributed by atoms with Gasteiger partial charge in [0.1, 0.15) is 16.9 Å². The van der Waals surface area contributed by atoms with Crippen LogP contribution in [0, 0.1) is 0 Å². The Bertz CT molecular complexity index is 1090. The number of ether oxygens (including phenoxy) is 1. The monoisotopic (exact) mass is 413 g/mol. The molecule has 0 aliphatic rings. The molecule has 0 bridgehead atoms. The van der Waals surface area contributed by atoms with Crippen LogP contribution in [0.5, 0.6) is 0 Å². The SMILES string of the molecule is CNC(=O)NCc1nc2c(N)nc3ccccc3c2n1CCNC(=O)OC(C)(C)C. The summed E-state index contributed by atoms with van der Waals surface area (Å²) in [7, 11) is 1.54. The van der Waals surface area contributed by atoms with Crippen molar-refractivity contribution in [1.82, 2.24) is 30.5 Å². The fraction of sp³-hybridized carbons (Fsp3) is 0.400. The minimum absolute atomic E-state index is 0.189. The summed E-state index contributed by atoms with van der Waals surface area (Å²) >= 11 is 0. The molecule has 0 radical (unpaired) electrons. The molecule has 0 spiro atoms. The van der Waals surface area contributed by atoms with Gasteiger partial charge in [-0.3, -0.25) is 0 Å². The van der Waals surface area contributed by atoms with Crippen molar-refractivity contribution in [1.29, 1.82) is 0 Å². The number of urea groups is 1. The highest BCUT2D eigenvalue weighted by Crippen LogP contribution is 2.28. The molecule has 0 saturated carbocycles. The second kappa shape index (κ2) is 8.44. The van der Waals surface area contributed by atoms with Gasteiger partial charge in [-0.05, 0) is 26.8 Å². The van der Waals surface area contributed by atoms with E-state index in [1.165, 1.54) is 0 Å². The molecular weight excluding hydrogens is 386 g/mol. The first-order valence-electron chi connectivity index (χ1n) is 9.65. The van der Waals surface area contributed by atoms with Crippen molar-refractivity contribution in [3.8, 4) is 0 Å². The number of nitrogens with one attached hydrogen (secondary N) is 3. The second-order valence-corrected chi connectivity index (χ2v) is 7.75. The van der Waals surface area contributed by atoms with Crippen LogP contribution in [0.15, 0.2) is 24.3 Å². The van der Waals surface area contributed by atoms with E-state index < -0.39 is 11.7 Å². The van der Waals surface area contributed by atoms with Gasteiger partial charge in [0, 0.05) is 25.5 Å². The Hall–Kier alpha value is -3.56. The van der Waals surface area contributed by atoms with E-state index >= 15 is 0 Å². The summed E-state index contributed by atoms with van der Waals surface area (Å²) in [6, 6.07) is 7.30. The molecule has 10 nitrogen and oxygen atoms in total. The molecule has 2 aromatic heterocycles. The van der Waals surface area contributed by atoms with E-state index in [9.17, 15) is 9.59 Å². The van der Waals surface area contributed by atoms with Gasteiger partial charge in [-0.15, -0.1) is 0 Å². The number of anilines is 1. The summed E-state index contributed by atoms with van der Waals surface area (Å²) in [5.74, 6) is 0.910. The van der Waals surface area contributed by atoms with E-state index in [1.807, 2.05) is 28.8 Å². The molecule has 0 aliphatic carbocycles. The molecule has 10 heteroatoms. The van der Waals surface area contributed by atoms with E-state index in [0.29, 0.717) is 30.2 Å². The number of nitrogens with zero attached hydrogens (tertiary/aromatic N) is 3. The number of amides is 3. The molecule has 30 heavy (non-hydrogen) atoms. The normalized spacial score (nSPS) is 11.5. The highest BCUT2D eigenvalue weighted by atomic mass is 16.6. The zero-order valence-corrected chi connectivity index (χ0v) is 17.6. The molecule has 0 saturated heterocycles. The average Bonchev–Trinajstić information content (AvgIpc) is 3.04. The Kier molecular flexibility index (Phi) is 5.95. The third-order valence-corrected chi connectivity index (χ3v) is 4.33. The maximum atomic E-state index is 12.0. The van der Waals surface area contributed by atoms with Gasteiger partial charge in [0.2, 0.25) is 0 Å². The number of nitrogens with two attached hydrogens (primary N) is 1. The van der Waals surface area contributed by atoms with Crippen LogP contribution in [-0.2, 0) is 17.8 Å². The van der Waals surface area contributed by atoms with Crippen molar-refractivity contribution in [2.45, 2.75) is 39.5 Å². The topological polar surface area (TPSA) is 136 Å². The van der Waals surface area contributed by atoms with Gasteiger partial charge in [0.05, 0.1) is 17.6 Å². The molecule has 0 unspecified atom stereocenters. The zero-order chi connectivity index (χ0) is 21.9. The number of imidazole rings is 1. The van der Waals surface area contributed by atoms with Crippen LogP contribution >= 0.6 is 0 Å². The standard InChI is InChI=1S/C20H27N7O3/c1-20(2,3)30-19(29)23-9-10-27-14(11-24-18(28)22-4)26-15-16(27)12-7-5-6-8-13(12)25-17(15)21/h5-8H,9-11H2,1-4H3,(H2,21,25)(H,23,29)(H2,22,24,28). The van der Waals surface area contributed by atoms with Gasteiger partial charge >= 0.3 is 12.1 Å². The van der Waals surface area contributed by atoms with E-state index in [0.717, 1.165) is 16.4 Å². The lowest BCUT2D eigenvalue weighted by molar-refractivity contribution is 0.0526. The van der Waals surface area contributed by atoms with Gasteiger partial charge in [-0.1, -0.05) is 18.2 Å². The molecule has 5 N–H and O–H groups in total. The summed E-state index contributed by atoms with van der Waals surface area (Å²) in [6.07, 6.45) is -0.497. The third kappa shape index (κ3) is 4.70. The van der Waals surface area contributed by atoms with Crippen molar-refractivity contribution in [2.24, 2.45) is 0 Å². The largest absolute Gasteiger partial charge is 0.444 e. The number of para-hydroxylation sites is 1. The van der Waals surface area contributed by atoms with Crippen LogP contribution in [0.25, 0.3) is 21.9 Å². The quantitative estimate of drug-likeness (QED) is 0.506. The minimum atomic E-state index is -0.579. The van der Waals surface area contributed by atoms with E-state index in [-0.39, 0.29) is 12.6 Å². The van der Waals surface area contributed by atoms with Crippen molar-refractivity contribution in [3.05, 3.63) is 30.1 Å². The van der Waals surface area contributed by atoms with E-state index in [4.69, 9.17) is 10.5 Å². The summed E-state index contributed by atoms with van der Waals surface area (Å²) in [6.45, 7) is 6.33. The maximum absolute atomic E-state index is 12.0. The van der Waals surface area contributed by atoms with Crippen LogP contribution in [-0.4, -0.2) is 45.9 Å². The summed E-state index contributed by atoms with van der Waals surface area (Å²) in [4.78, 5) is 32.7. The molecule has 3 rings (SSSR count). The summed E-state index contributed by atoms with van der Waals surface area (Å²) < 4.78 is 7.22. The Morgan fingerprint density at radius 2 is 1.90 bits per heavy atom. The molecule has 2 heterocycles. The van der Waals surface area contributed by atoms with Crippen LogP contribution in [0.2, 0.25) is 0 Å². The lowest BCUT2D eigenvalue weighted by Crippen LogP contribution is -2.35. The molecular formula is C20H27N7O3. The predicted octanol–water partition coefficient (Wildman–Crippen LogP) is 2.12. The summed E-state index contributed by atoms with van der Waals surface area (Å²) in [5.41, 5.74) is 7.68. The number of pyridine rings is 1. The van der Waals surface area contributed by atoms with Crippen LogP contribution in [0.1, 0.15) is 26.6 Å². The first-order valence-corrected chi connectivity index (χ1v) is 9.65. The molecule has 0 fully saturated rings. The van der Waals surface area contributed by atoms with Gasteiger partial charge in [0.25, 0.3) is 0 Å². The zero-order valence-electron chi connectivity index (χ0n) is 17.6. The summed E-state index contributed by atoms with van der Waals surface area (Å²) in [5, 5.41) is 8.89. The van der Waals surface area contributed by atoms with Crippen LogP contribution in [0.3, 0.4) is 0 Å². The average molecular weight is 413 g/mol. The second-order valence-electron chi connectivity index (χ2n) is 7.75. The van der Waals surface area contributed by atoms with Crippen molar-refractivity contribution >= 4 is 39.9 Å². The van der Waals surface area contributed by atoms with Crippen LogP contribution < -0.4 is 21.7 Å². The molecule has 3 aromatic rings. The smallest absolute Gasteiger partial charge is 0.407 e. The fourth-order valence-electron chi connectivity index (χ4n) is 3.11. The number of rotatable bonds is 5. The number of carbonyl (C=O) groups is 2. The number of benzene rings is 1. The highest BCUT2D eigenvalue weighted by Gasteiger charge is 2.19.